The molecular formula is C16H20ClN3O4S. The van der Waals surface area contributed by atoms with Crippen LogP contribution in [0.3, 0.4) is 0 Å². The number of carbonyl (C=O) groups is 1. The van der Waals surface area contributed by atoms with Crippen LogP contribution in [0.4, 0.5) is 0 Å². The standard InChI is InChI=1S/C16H20ClN3O4S/c1-16(11-14(18-24-16)12-3-5-13(17)6-4-12)15(21)19-7-9-20(10-8-19)25(2,22)23/h3-6H,7-11H2,1-2H3. The zero-order chi connectivity index (χ0) is 18.2. The van der Waals surface area contributed by atoms with Crippen molar-refractivity contribution in [2.45, 2.75) is 18.9 Å². The van der Waals surface area contributed by atoms with Crippen molar-refractivity contribution in [2.24, 2.45) is 5.16 Å². The number of amides is 1. The predicted molar refractivity (Wildman–Crippen MR) is 95.1 cm³/mol. The molecule has 0 N–H and O–H groups in total. The van der Waals surface area contributed by atoms with Crippen molar-refractivity contribution in [3.8, 4) is 0 Å². The summed E-state index contributed by atoms with van der Waals surface area (Å²) in [7, 11) is -3.23. The van der Waals surface area contributed by atoms with Crippen LogP contribution < -0.4 is 0 Å². The summed E-state index contributed by atoms with van der Waals surface area (Å²) in [6.07, 6.45) is 1.54. The van der Waals surface area contributed by atoms with E-state index < -0.39 is 15.6 Å². The Kier molecular flexibility index (Phi) is 4.78. The van der Waals surface area contributed by atoms with E-state index in [0.717, 1.165) is 5.56 Å². The fraction of sp³-hybridized carbons (Fsp3) is 0.500. The van der Waals surface area contributed by atoms with E-state index in [1.165, 1.54) is 10.6 Å². The largest absolute Gasteiger partial charge is 0.379 e. The smallest absolute Gasteiger partial charge is 0.269 e. The van der Waals surface area contributed by atoms with Crippen LogP contribution in [0.15, 0.2) is 29.4 Å². The number of oxime groups is 1. The number of carbonyl (C=O) groups excluding carboxylic acids is 1. The zero-order valence-electron chi connectivity index (χ0n) is 14.1. The second-order valence-corrected chi connectivity index (χ2v) is 8.92. The molecule has 1 aromatic carbocycles. The molecule has 0 aliphatic carbocycles. The molecule has 2 aliphatic heterocycles. The lowest BCUT2D eigenvalue weighted by Gasteiger charge is -2.36. The Labute approximate surface area is 152 Å². The number of benzene rings is 1. The first-order chi connectivity index (χ1) is 11.7. The first-order valence-corrected chi connectivity index (χ1v) is 10.2. The molecule has 0 bridgehead atoms. The van der Waals surface area contributed by atoms with Crippen LogP contribution in [0, 0.1) is 0 Å². The Morgan fingerprint density at radius 2 is 1.80 bits per heavy atom. The van der Waals surface area contributed by atoms with Gasteiger partial charge >= 0.3 is 0 Å². The molecule has 7 nitrogen and oxygen atoms in total. The van der Waals surface area contributed by atoms with Crippen molar-refractivity contribution in [1.82, 2.24) is 9.21 Å². The lowest BCUT2D eigenvalue weighted by Crippen LogP contribution is -2.55. The fourth-order valence-corrected chi connectivity index (χ4v) is 3.96. The zero-order valence-corrected chi connectivity index (χ0v) is 15.7. The average Bonchev–Trinajstić information content (AvgIpc) is 2.98. The van der Waals surface area contributed by atoms with Crippen molar-refractivity contribution in [3.05, 3.63) is 34.9 Å². The summed E-state index contributed by atoms with van der Waals surface area (Å²) in [6.45, 7) is 3.00. The van der Waals surface area contributed by atoms with Gasteiger partial charge in [0.25, 0.3) is 5.91 Å². The highest BCUT2D eigenvalue weighted by atomic mass is 35.5. The third kappa shape index (κ3) is 3.80. The minimum Gasteiger partial charge on any atom is -0.379 e. The summed E-state index contributed by atoms with van der Waals surface area (Å²) in [5, 5.41) is 4.71. The van der Waals surface area contributed by atoms with Crippen LogP contribution in [0.1, 0.15) is 18.9 Å². The quantitative estimate of drug-likeness (QED) is 0.786. The van der Waals surface area contributed by atoms with Gasteiger partial charge < -0.3 is 9.74 Å². The van der Waals surface area contributed by atoms with E-state index in [-0.39, 0.29) is 5.91 Å². The number of piperazine rings is 1. The molecule has 3 rings (SSSR count). The van der Waals surface area contributed by atoms with E-state index in [2.05, 4.69) is 5.16 Å². The van der Waals surface area contributed by atoms with Gasteiger partial charge in [0.15, 0.2) is 0 Å². The molecule has 1 amide bonds. The number of sulfonamides is 1. The molecule has 1 saturated heterocycles. The maximum Gasteiger partial charge on any atom is 0.269 e. The van der Waals surface area contributed by atoms with Crippen LogP contribution in [0.25, 0.3) is 0 Å². The Morgan fingerprint density at radius 3 is 2.36 bits per heavy atom. The van der Waals surface area contributed by atoms with Crippen molar-refractivity contribution < 1.29 is 18.0 Å². The Hall–Kier alpha value is -1.64. The van der Waals surface area contributed by atoms with Gasteiger partial charge in [-0.3, -0.25) is 4.79 Å². The van der Waals surface area contributed by atoms with E-state index >= 15 is 0 Å². The van der Waals surface area contributed by atoms with Gasteiger partial charge in [0.05, 0.1) is 12.0 Å². The van der Waals surface area contributed by atoms with Crippen LogP contribution >= 0.6 is 11.6 Å². The summed E-state index contributed by atoms with van der Waals surface area (Å²) >= 11 is 5.89. The number of hydrogen-bond donors (Lipinski definition) is 0. The highest BCUT2D eigenvalue weighted by Gasteiger charge is 2.45. The molecule has 1 unspecified atom stereocenters. The third-order valence-electron chi connectivity index (χ3n) is 4.49. The van der Waals surface area contributed by atoms with Gasteiger partial charge in [-0.25, -0.2) is 8.42 Å². The van der Waals surface area contributed by atoms with E-state index in [4.69, 9.17) is 16.4 Å². The molecule has 9 heteroatoms. The Balaban J connectivity index is 1.65. The number of nitrogens with zero attached hydrogens (tertiary/aromatic N) is 3. The van der Waals surface area contributed by atoms with Crippen molar-refractivity contribution >= 4 is 33.2 Å². The summed E-state index contributed by atoms with van der Waals surface area (Å²) in [5.41, 5.74) is 0.493. The minimum atomic E-state index is -3.23. The van der Waals surface area contributed by atoms with E-state index in [9.17, 15) is 13.2 Å². The minimum absolute atomic E-state index is 0.173. The van der Waals surface area contributed by atoms with Gasteiger partial charge in [-0.15, -0.1) is 0 Å². The summed E-state index contributed by atoms with van der Waals surface area (Å²) in [6, 6.07) is 7.21. The molecule has 0 aromatic heterocycles. The van der Waals surface area contributed by atoms with Crippen LogP contribution in [0.2, 0.25) is 5.02 Å². The van der Waals surface area contributed by atoms with Gasteiger partial charge in [-0.1, -0.05) is 28.9 Å². The van der Waals surface area contributed by atoms with Crippen LogP contribution in [0.5, 0.6) is 0 Å². The number of rotatable bonds is 3. The summed E-state index contributed by atoms with van der Waals surface area (Å²) in [4.78, 5) is 20.0. The SMILES string of the molecule is CC1(C(=O)N2CCN(S(C)(=O)=O)CC2)CC(c2ccc(Cl)cc2)=NO1. The molecule has 1 aromatic rings. The molecule has 1 fully saturated rings. The normalized spacial score (nSPS) is 24.8. The van der Waals surface area contributed by atoms with Crippen molar-refractivity contribution in [2.75, 3.05) is 32.4 Å². The molecular weight excluding hydrogens is 366 g/mol. The first-order valence-electron chi connectivity index (χ1n) is 7.94. The van der Waals surface area contributed by atoms with E-state index in [0.29, 0.717) is 43.3 Å². The van der Waals surface area contributed by atoms with Crippen molar-refractivity contribution in [3.63, 3.8) is 0 Å². The van der Waals surface area contributed by atoms with Crippen LogP contribution in [-0.4, -0.2) is 67.3 Å². The predicted octanol–water partition coefficient (Wildman–Crippen LogP) is 1.33. The first kappa shape index (κ1) is 18.2. The maximum absolute atomic E-state index is 12.8. The third-order valence-corrected chi connectivity index (χ3v) is 6.04. The topological polar surface area (TPSA) is 79.3 Å². The lowest BCUT2D eigenvalue weighted by atomic mass is 9.94. The highest BCUT2D eigenvalue weighted by molar-refractivity contribution is 7.88. The van der Waals surface area contributed by atoms with E-state index in [1.807, 2.05) is 12.1 Å². The molecule has 136 valence electrons. The van der Waals surface area contributed by atoms with Crippen molar-refractivity contribution in [1.29, 1.82) is 0 Å². The summed E-state index contributed by atoms with van der Waals surface area (Å²) in [5.74, 6) is -0.173. The molecule has 1 atom stereocenters. The Bertz CT molecular complexity index is 801. The monoisotopic (exact) mass is 385 g/mol. The molecule has 2 aliphatic rings. The number of halogens is 1. The molecule has 2 heterocycles. The molecule has 25 heavy (non-hydrogen) atoms. The summed E-state index contributed by atoms with van der Waals surface area (Å²) < 4.78 is 24.5. The molecule has 0 spiro atoms. The van der Waals surface area contributed by atoms with Gasteiger partial charge in [0, 0.05) is 37.6 Å². The maximum atomic E-state index is 12.8. The second kappa shape index (κ2) is 6.59. The van der Waals surface area contributed by atoms with E-state index in [1.54, 1.807) is 24.0 Å². The highest BCUT2D eigenvalue weighted by Crippen LogP contribution is 2.29. The Morgan fingerprint density at radius 1 is 1.20 bits per heavy atom. The van der Waals surface area contributed by atoms with Gasteiger partial charge in [0.1, 0.15) is 0 Å². The second-order valence-electron chi connectivity index (χ2n) is 6.50. The number of hydrogen-bond acceptors (Lipinski definition) is 5. The molecule has 0 saturated carbocycles. The van der Waals surface area contributed by atoms with Gasteiger partial charge in [0.2, 0.25) is 15.6 Å². The van der Waals surface area contributed by atoms with Crippen LogP contribution in [-0.2, 0) is 19.7 Å². The molecule has 0 radical (unpaired) electrons. The average molecular weight is 386 g/mol. The fourth-order valence-electron chi connectivity index (χ4n) is 3.01. The van der Waals surface area contributed by atoms with Gasteiger partial charge in [-0.05, 0) is 24.6 Å². The lowest BCUT2D eigenvalue weighted by molar-refractivity contribution is -0.154. The van der Waals surface area contributed by atoms with Gasteiger partial charge in [-0.2, -0.15) is 4.31 Å².